The van der Waals surface area contributed by atoms with Crippen molar-refractivity contribution < 1.29 is 20.1 Å². The second-order valence-corrected chi connectivity index (χ2v) is 11.5. The van der Waals surface area contributed by atoms with Crippen molar-refractivity contribution in [1.29, 1.82) is 0 Å². The maximum Gasteiger partial charge on any atom is 0.170 e. The van der Waals surface area contributed by atoms with Gasteiger partial charge in [0.15, 0.2) is 5.78 Å². The van der Waals surface area contributed by atoms with Gasteiger partial charge in [-0.2, -0.15) is 0 Å². The third kappa shape index (κ3) is 22.1. The molecule has 5 heteroatoms. The van der Waals surface area contributed by atoms with Crippen molar-refractivity contribution in [1.82, 2.24) is 0 Å². The minimum Gasteiger partial charge on any atom is -0.392 e. The van der Waals surface area contributed by atoms with Crippen LogP contribution in [-0.2, 0) is 4.79 Å². The molecule has 0 saturated heterocycles. The summed E-state index contributed by atoms with van der Waals surface area (Å²) in [5.74, 6) is -1.61. The van der Waals surface area contributed by atoms with Crippen LogP contribution < -0.4 is 5.73 Å². The first-order valence-electron chi connectivity index (χ1n) is 16.3. The average molecular weight is 528 g/mol. The van der Waals surface area contributed by atoms with Crippen LogP contribution in [0.15, 0.2) is 0 Å². The van der Waals surface area contributed by atoms with Gasteiger partial charge in [0.25, 0.3) is 0 Å². The Hall–Kier alpha value is -0.490. The smallest absolute Gasteiger partial charge is 0.170 e. The molecule has 5 N–H and O–H groups in total. The number of carbonyl (C=O) groups excluding carboxylic acids is 1. The SMILES string of the molecule is CCCCCCCCCCCCCCC(O)C(=O)[C@H](C(N)O)[C@H](O)CCCCCCCCCCCCC. The predicted molar refractivity (Wildman–Crippen MR) is 157 cm³/mol. The number of hydrogen-bond acceptors (Lipinski definition) is 5. The van der Waals surface area contributed by atoms with Crippen molar-refractivity contribution in [3.63, 3.8) is 0 Å². The molecule has 0 heterocycles. The van der Waals surface area contributed by atoms with Gasteiger partial charge in [-0.15, -0.1) is 0 Å². The Kier molecular flexibility index (Phi) is 26.7. The zero-order valence-corrected chi connectivity index (χ0v) is 24.8. The lowest BCUT2D eigenvalue weighted by molar-refractivity contribution is -0.140. The summed E-state index contributed by atoms with van der Waals surface area (Å²) < 4.78 is 0. The highest BCUT2D eigenvalue weighted by Gasteiger charge is 2.34. The molecule has 37 heavy (non-hydrogen) atoms. The van der Waals surface area contributed by atoms with Crippen LogP contribution in [0, 0.1) is 5.92 Å². The van der Waals surface area contributed by atoms with Gasteiger partial charge in [-0.1, -0.05) is 162 Å². The molecule has 2 unspecified atom stereocenters. The molecule has 0 aliphatic heterocycles. The number of ketones is 1. The Balaban J connectivity index is 3.89. The van der Waals surface area contributed by atoms with Crippen LogP contribution in [0.2, 0.25) is 0 Å². The Morgan fingerprint density at radius 1 is 0.514 bits per heavy atom. The molecule has 5 nitrogen and oxygen atoms in total. The quantitative estimate of drug-likeness (QED) is 0.0583. The van der Waals surface area contributed by atoms with Gasteiger partial charge in [-0.25, -0.2) is 0 Å². The van der Waals surface area contributed by atoms with E-state index in [9.17, 15) is 20.1 Å². The van der Waals surface area contributed by atoms with Crippen molar-refractivity contribution in [2.75, 3.05) is 0 Å². The number of hydrogen-bond donors (Lipinski definition) is 4. The number of carbonyl (C=O) groups is 1. The highest BCUT2D eigenvalue weighted by molar-refractivity contribution is 5.86. The van der Waals surface area contributed by atoms with E-state index in [-0.39, 0.29) is 0 Å². The Morgan fingerprint density at radius 3 is 1.14 bits per heavy atom. The van der Waals surface area contributed by atoms with Crippen LogP contribution in [0.1, 0.15) is 174 Å². The molecule has 0 aromatic heterocycles. The fraction of sp³-hybridized carbons (Fsp3) is 0.969. The van der Waals surface area contributed by atoms with Gasteiger partial charge in [0.1, 0.15) is 12.3 Å². The molecule has 0 amide bonds. The third-order valence-corrected chi connectivity index (χ3v) is 7.87. The zero-order chi connectivity index (χ0) is 27.6. The minimum absolute atomic E-state index is 0.380. The van der Waals surface area contributed by atoms with Crippen molar-refractivity contribution in [2.24, 2.45) is 11.7 Å². The fourth-order valence-corrected chi connectivity index (χ4v) is 5.33. The van der Waals surface area contributed by atoms with E-state index < -0.39 is 30.1 Å². The van der Waals surface area contributed by atoms with Crippen LogP contribution in [0.4, 0.5) is 0 Å². The first kappa shape index (κ1) is 36.5. The van der Waals surface area contributed by atoms with Gasteiger partial charge in [0.05, 0.1) is 12.0 Å². The van der Waals surface area contributed by atoms with Gasteiger partial charge in [0.2, 0.25) is 0 Å². The Bertz CT molecular complexity index is 485. The number of aliphatic hydroxyl groups excluding tert-OH is 3. The second-order valence-electron chi connectivity index (χ2n) is 11.5. The van der Waals surface area contributed by atoms with Gasteiger partial charge < -0.3 is 21.1 Å². The first-order valence-corrected chi connectivity index (χ1v) is 16.3. The molecule has 0 spiro atoms. The number of Topliss-reactive ketones (excluding diaryl/α,β-unsaturated/α-hetero) is 1. The monoisotopic (exact) mass is 527 g/mol. The number of nitrogens with two attached hydrogens (primary N) is 1. The van der Waals surface area contributed by atoms with Crippen LogP contribution in [0.25, 0.3) is 0 Å². The van der Waals surface area contributed by atoms with E-state index in [4.69, 9.17) is 5.73 Å². The minimum atomic E-state index is -1.44. The molecule has 0 saturated carbocycles. The molecule has 4 atom stereocenters. The summed E-state index contributed by atoms with van der Waals surface area (Å²) in [6.07, 6.45) is 25.4. The molecule has 0 aliphatic carbocycles. The summed E-state index contributed by atoms with van der Waals surface area (Å²) in [4.78, 5) is 12.7. The molecular formula is C32H65NO4. The summed E-state index contributed by atoms with van der Waals surface area (Å²) in [5.41, 5.74) is 5.64. The normalized spacial score (nSPS) is 15.0. The van der Waals surface area contributed by atoms with E-state index in [0.717, 1.165) is 38.5 Å². The number of rotatable bonds is 29. The maximum atomic E-state index is 12.7. The molecule has 0 rings (SSSR count). The molecule has 0 aliphatic rings. The summed E-state index contributed by atoms with van der Waals surface area (Å²) in [6, 6.07) is 0. The molecule has 0 aromatic rings. The van der Waals surface area contributed by atoms with E-state index in [1.54, 1.807) is 0 Å². The number of unbranched alkanes of at least 4 members (excludes halogenated alkanes) is 21. The Morgan fingerprint density at radius 2 is 0.811 bits per heavy atom. The van der Waals surface area contributed by atoms with E-state index >= 15 is 0 Å². The van der Waals surface area contributed by atoms with Gasteiger partial charge in [-0.3, -0.25) is 4.79 Å². The van der Waals surface area contributed by atoms with E-state index in [2.05, 4.69) is 13.8 Å². The average Bonchev–Trinajstić information content (AvgIpc) is 2.87. The maximum absolute atomic E-state index is 12.7. The predicted octanol–water partition coefficient (Wildman–Crippen LogP) is 7.96. The van der Waals surface area contributed by atoms with Crippen molar-refractivity contribution in [2.45, 2.75) is 193 Å². The van der Waals surface area contributed by atoms with Crippen molar-refractivity contribution >= 4 is 5.78 Å². The summed E-state index contributed by atoms with van der Waals surface area (Å²) in [6.45, 7) is 4.49. The van der Waals surface area contributed by atoms with Crippen LogP contribution in [0.5, 0.6) is 0 Å². The second kappa shape index (κ2) is 27.1. The largest absolute Gasteiger partial charge is 0.392 e. The standard InChI is InChI=1S/C32H65NO4/c1-3-5-7-9-11-13-15-17-19-21-23-25-27-29(35)31(36)30(32(33)37)28(34)26-24-22-20-18-16-14-12-10-8-6-4-2/h28-30,32,34-35,37H,3-27,33H2,1-2H3/t28-,29?,30-,32?/m1/s1. The highest BCUT2D eigenvalue weighted by atomic mass is 16.3. The molecule has 222 valence electrons. The summed E-state index contributed by atoms with van der Waals surface area (Å²) in [5, 5.41) is 30.9. The van der Waals surface area contributed by atoms with Gasteiger partial charge in [-0.05, 0) is 12.8 Å². The molecular weight excluding hydrogens is 462 g/mol. The lowest BCUT2D eigenvalue weighted by Gasteiger charge is -2.26. The van der Waals surface area contributed by atoms with Crippen LogP contribution in [-0.4, -0.2) is 39.5 Å². The Labute approximate surface area is 230 Å². The highest BCUT2D eigenvalue weighted by Crippen LogP contribution is 2.20. The lowest BCUT2D eigenvalue weighted by Crippen LogP contribution is -2.47. The van der Waals surface area contributed by atoms with Crippen LogP contribution >= 0.6 is 0 Å². The van der Waals surface area contributed by atoms with Crippen molar-refractivity contribution in [3.8, 4) is 0 Å². The third-order valence-electron chi connectivity index (χ3n) is 7.87. The fourth-order valence-electron chi connectivity index (χ4n) is 5.33. The topological polar surface area (TPSA) is 104 Å². The zero-order valence-electron chi connectivity index (χ0n) is 24.8. The van der Waals surface area contributed by atoms with E-state index in [0.29, 0.717) is 12.8 Å². The van der Waals surface area contributed by atoms with E-state index in [1.165, 1.54) is 109 Å². The van der Waals surface area contributed by atoms with Gasteiger partial charge >= 0.3 is 0 Å². The number of aliphatic hydroxyl groups is 3. The van der Waals surface area contributed by atoms with Gasteiger partial charge in [0, 0.05) is 0 Å². The lowest BCUT2D eigenvalue weighted by atomic mass is 9.87. The summed E-state index contributed by atoms with van der Waals surface area (Å²) in [7, 11) is 0. The van der Waals surface area contributed by atoms with Crippen LogP contribution in [0.3, 0.4) is 0 Å². The van der Waals surface area contributed by atoms with Crippen molar-refractivity contribution in [3.05, 3.63) is 0 Å². The first-order chi connectivity index (χ1) is 18.0. The molecule has 0 bridgehead atoms. The summed E-state index contributed by atoms with van der Waals surface area (Å²) >= 11 is 0. The molecule has 0 radical (unpaired) electrons. The molecule has 0 fully saturated rings. The molecule has 0 aromatic carbocycles. The van der Waals surface area contributed by atoms with E-state index in [1.807, 2.05) is 0 Å².